The van der Waals surface area contributed by atoms with Crippen LogP contribution >= 0.6 is 11.6 Å². The molecule has 0 fully saturated rings. The van der Waals surface area contributed by atoms with E-state index in [1.54, 1.807) is 43.4 Å². The molecule has 128 valence electrons. The molecule has 6 heteroatoms. The van der Waals surface area contributed by atoms with Crippen LogP contribution in [0.1, 0.15) is 12.5 Å². The van der Waals surface area contributed by atoms with Crippen molar-refractivity contribution in [1.82, 2.24) is 4.90 Å². The molecule has 2 amide bonds. The van der Waals surface area contributed by atoms with Crippen molar-refractivity contribution in [2.75, 3.05) is 26.1 Å². The zero-order valence-electron chi connectivity index (χ0n) is 14.0. The molecule has 2 aromatic carbocycles. The minimum Gasteiger partial charge on any atom is -0.493 e. The first-order chi connectivity index (χ1) is 11.6. The lowest BCUT2D eigenvalue weighted by molar-refractivity contribution is 0.212. The first-order valence-electron chi connectivity index (χ1n) is 7.59. The predicted octanol–water partition coefficient (Wildman–Crippen LogP) is 4.41. The largest absolute Gasteiger partial charge is 0.493 e. The molecule has 0 aliphatic rings. The summed E-state index contributed by atoms with van der Waals surface area (Å²) in [6.45, 7) is 2.96. The van der Waals surface area contributed by atoms with Gasteiger partial charge in [0.25, 0.3) is 0 Å². The molecule has 0 unspecified atom stereocenters. The fraction of sp³-hybridized carbons (Fsp3) is 0.278. The lowest BCUT2D eigenvalue weighted by Gasteiger charge is -2.22. The number of hydrogen-bond acceptors (Lipinski definition) is 3. The summed E-state index contributed by atoms with van der Waals surface area (Å²) in [5.41, 5.74) is 1.62. The Bertz CT molecular complexity index is 706. The summed E-state index contributed by atoms with van der Waals surface area (Å²) < 4.78 is 10.5. The smallest absolute Gasteiger partial charge is 0.322 e. The molecule has 0 saturated carbocycles. The average Bonchev–Trinajstić information content (AvgIpc) is 2.59. The minimum absolute atomic E-state index is 0.186. The molecular weight excluding hydrogens is 328 g/mol. The highest BCUT2D eigenvalue weighted by Crippen LogP contribution is 2.28. The van der Waals surface area contributed by atoms with Gasteiger partial charge in [0.2, 0.25) is 0 Å². The Morgan fingerprint density at radius 3 is 2.50 bits per heavy atom. The number of carbonyl (C=O) groups excluding carboxylic acids is 1. The van der Waals surface area contributed by atoms with Gasteiger partial charge in [-0.2, -0.15) is 0 Å². The van der Waals surface area contributed by atoms with E-state index in [0.29, 0.717) is 35.3 Å². The van der Waals surface area contributed by atoms with E-state index >= 15 is 0 Å². The second-order valence-electron chi connectivity index (χ2n) is 5.14. The predicted molar refractivity (Wildman–Crippen MR) is 96.1 cm³/mol. The Morgan fingerprint density at radius 2 is 1.88 bits per heavy atom. The van der Waals surface area contributed by atoms with Crippen LogP contribution in [0.15, 0.2) is 42.5 Å². The number of urea groups is 1. The van der Waals surface area contributed by atoms with E-state index in [9.17, 15) is 4.79 Å². The van der Waals surface area contributed by atoms with Gasteiger partial charge in [0, 0.05) is 23.8 Å². The summed E-state index contributed by atoms with van der Waals surface area (Å²) in [5.74, 6) is 1.30. The van der Waals surface area contributed by atoms with Crippen LogP contribution in [0.5, 0.6) is 11.5 Å². The standard InChI is InChI=1S/C18H21ClN2O3/c1-4-21(18(22)20-15-7-5-6-14(19)11-15)12-13-8-9-16(23-2)17(10-13)24-3/h5-11H,4,12H2,1-3H3,(H,20,22). The van der Waals surface area contributed by atoms with Crippen molar-refractivity contribution in [3.8, 4) is 11.5 Å². The number of benzene rings is 2. The average molecular weight is 349 g/mol. The summed E-state index contributed by atoms with van der Waals surface area (Å²) >= 11 is 5.94. The Morgan fingerprint density at radius 1 is 1.12 bits per heavy atom. The molecule has 0 aliphatic heterocycles. The van der Waals surface area contributed by atoms with Gasteiger partial charge in [-0.1, -0.05) is 23.7 Å². The summed E-state index contributed by atoms with van der Waals surface area (Å²) in [6, 6.07) is 12.5. The normalized spacial score (nSPS) is 10.2. The molecule has 5 nitrogen and oxygen atoms in total. The molecule has 2 aromatic rings. The van der Waals surface area contributed by atoms with Gasteiger partial charge in [0.05, 0.1) is 14.2 Å². The molecule has 24 heavy (non-hydrogen) atoms. The number of hydrogen-bond donors (Lipinski definition) is 1. The van der Waals surface area contributed by atoms with Crippen LogP contribution in [0.2, 0.25) is 5.02 Å². The fourth-order valence-corrected chi connectivity index (χ4v) is 2.49. The third-order valence-electron chi connectivity index (χ3n) is 3.57. The Kier molecular flexibility index (Phi) is 6.32. The Balaban J connectivity index is 2.09. The summed E-state index contributed by atoms with van der Waals surface area (Å²) in [4.78, 5) is 14.1. The van der Waals surface area contributed by atoms with Gasteiger partial charge in [-0.15, -0.1) is 0 Å². The quantitative estimate of drug-likeness (QED) is 0.841. The van der Waals surface area contributed by atoms with E-state index in [2.05, 4.69) is 5.32 Å². The van der Waals surface area contributed by atoms with Crippen LogP contribution in [0.3, 0.4) is 0 Å². The zero-order chi connectivity index (χ0) is 17.5. The highest BCUT2D eigenvalue weighted by molar-refractivity contribution is 6.30. The molecule has 0 bridgehead atoms. The van der Waals surface area contributed by atoms with Gasteiger partial charge < -0.3 is 19.7 Å². The number of ether oxygens (including phenoxy) is 2. The number of rotatable bonds is 6. The van der Waals surface area contributed by atoms with Crippen molar-refractivity contribution >= 4 is 23.3 Å². The molecule has 0 saturated heterocycles. The number of nitrogens with zero attached hydrogens (tertiary/aromatic N) is 1. The molecule has 0 aliphatic carbocycles. The summed E-state index contributed by atoms with van der Waals surface area (Å²) in [7, 11) is 3.18. The Labute approximate surface area is 147 Å². The van der Waals surface area contributed by atoms with Gasteiger partial charge in [-0.25, -0.2) is 4.79 Å². The second-order valence-corrected chi connectivity index (χ2v) is 5.58. The highest BCUT2D eigenvalue weighted by atomic mass is 35.5. The van der Waals surface area contributed by atoms with Gasteiger partial charge in [-0.05, 0) is 42.8 Å². The van der Waals surface area contributed by atoms with Crippen molar-refractivity contribution in [1.29, 1.82) is 0 Å². The Hall–Kier alpha value is -2.40. The van der Waals surface area contributed by atoms with Crippen molar-refractivity contribution < 1.29 is 14.3 Å². The third-order valence-corrected chi connectivity index (χ3v) is 3.80. The number of amides is 2. The lowest BCUT2D eigenvalue weighted by atomic mass is 10.2. The van der Waals surface area contributed by atoms with E-state index in [0.717, 1.165) is 5.56 Å². The van der Waals surface area contributed by atoms with Crippen LogP contribution in [0.4, 0.5) is 10.5 Å². The number of anilines is 1. The number of methoxy groups -OCH3 is 2. The number of carbonyl (C=O) groups is 1. The van der Waals surface area contributed by atoms with Crippen molar-refractivity contribution in [3.05, 3.63) is 53.1 Å². The molecule has 0 radical (unpaired) electrons. The maximum absolute atomic E-state index is 12.5. The molecule has 2 rings (SSSR count). The van der Waals surface area contributed by atoms with Crippen LogP contribution < -0.4 is 14.8 Å². The number of halogens is 1. The monoisotopic (exact) mass is 348 g/mol. The topological polar surface area (TPSA) is 50.8 Å². The zero-order valence-corrected chi connectivity index (χ0v) is 14.8. The molecule has 0 atom stereocenters. The van der Waals surface area contributed by atoms with E-state index in [4.69, 9.17) is 21.1 Å². The van der Waals surface area contributed by atoms with E-state index in [1.165, 1.54) is 0 Å². The van der Waals surface area contributed by atoms with E-state index in [-0.39, 0.29) is 6.03 Å². The highest BCUT2D eigenvalue weighted by Gasteiger charge is 2.14. The first kappa shape index (κ1) is 17.9. The maximum atomic E-state index is 12.5. The van der Waals surface area contributed by atoms with Crippen LogP contribution in [-0.4, -0.2) is 31.7 Å². The van der Waals surface area contributed by atoms with Crippen molar-refractivity contribution in [2.24, 2.45) is 0 Å². The van der Waals surface area contributed by atoms with Gasteiger partial charge in [-0.3, -0.25) is 0 Å². The summed E-state index contributed by atoms with van der Waals surface area (Å²) in [5, 5.41) is 3.43. The minimum atomic E-state index is -0.186. The van der Waals surface area contributed by atoms with Gasteiger partial charge >= 0.3 is 6.03 Å². The molecular formula is C18H21ClN2O3. The second kappa shape index (κ2) is 8.45. The van der Waals surface area contributed by atoms with Crippen molar-refractivity contribution in [3.63, 3.8) is 0 Å². The molecule has 0 heterocycles. The molecule has 0 aromatic heterocycles. The van der Waals surface area contributed by atoms with Crippen LogP contribution in [0.25, 0.3) is 0 Å². The fourth-order valence-electron chi connectivity index (χ4n) is 2.30. The third kappa shape index (κ3) is 4.55. The van der Waals surface area contributed by atoms with Gasteiger partial charge in [0.15, 0.2) is 11.5 Å². The van der Waals surface area contributed by atoms with Crippen LogP contribution in [-0.2, 0) is 6.54 Å². The van der Waals surface area contributed by atoms with Crippen molar-refractivity contribution in [2.45, 2.75) is 13.5 Å². The lowest BCUT2D eigenvalue weighted by Crippen LogP contribution is -2.34. The maximum Gasteiger partial charge on any atom is 0.322 e. The van der Waals surface area contributed by atoms with E-state index < -0.39 is 0 Å². The van der Waals surface area contributed by atoms with E-state index in [1.807, 2.05) is 25.1 Å². The number of nitrogens with one attached hydrogen (secondary N) is 1. The van der Waals surface area contributed by atoms with Crippen LogP contribution in [0, 0.1) is 0 Å². The SMILES string of the molecule is CCN(Cc1ccc(OC)c(OC)c1)C(=O)Nc1cccc(Cl)c1. The van der Waals surface area contributed by atoms with Gasteiger partial charge in [0.1, 0.15) is 0 Å². The molecule has 0 spiro atoms. The first-order valence-corrected chi connectivity index (χ1v) is 7.97. The summed E-state index contributed by atoms with van der Waals surface area (Å²) in [6.07, 6.45) is 0. The molecule has 1 N–H and O–H groups in total.